The standard InChI is InChI=1S/C16H24O2S/c1-4-6-12(11-19)10-17-14-8-5-7-13-9-16(2,3)18-15(13)14/h5,7-8,12,19H,4,6,9-11H2,1-3H3. The van der Waals surface area contributed by atoms with Crippen LogP contribution in [-0.2, 0) is 6.42 Å². The Balaban J connectivity index is 2.05. The van der Waals surface area contributed by atoms with Crippen LogP contribution in [0.4, 0.5) is 0 Å². The maximum Gasteiger partial charge on any atom is 0.165 e. The first-order valence-electron chi connectivity index (χ1n) is 7.10. The lowest BCUT2D eigenvalue weighted by molar-refractivity contribution is 0.130. The van der Waals surface area contributed by atoms with E-state index in [1.807, 2.05) is 6.07 Å². The van der Waals surface area contributed by atoms with Crippen molar-refractivity contribution >= 4 is 12.6 Å². The second kappa shape index (κ2) is 6.08. The molecule has 0 amide bonds. The molecule has 0 saturated carbocycles. The van der Waals surface area contributed by atoms with Gasteiger partial charge in [-0.05, 0) is 32.1 Å². The minimum Gasteiger partial charge on any atom is -0.489 e. The van der Waals surface area contributed by atoms with E-state index >= 15 is 0 Å². The molecule has 106 valence electrons. The third-order valence-electron chi connectivity index (χ3n) is 3.48. The summed E-state index contributed by atoms with van der Waals surface area (Å²) in [4.78, 5) is 0. The van der Waals surface area contributed by atoms with E-state index in [4.69, 9.17) is 9.47 Å². The van der Waals surface area contributed by atoms with E-state index in [0.29, 0.717) is 5.92 Å². The first-order chi connectivity index (χ1) is 9.05. The van der Waals surface area contributed by atoms with E-state index in [1.165, 1.54) is 12.0 Å². The molecule has 19 heavy (non-hydrogen) atoms. The second-order valence-corrected chi connectivity index (χ2v) is 6.30. The molecule has 0 saturated heterocycles. The molecule has 3 heteroatoms. The fourth-order valence-corrected chi connectivity index (χ4v) is 2.83. The molecule has 1 unspecified atom stereocenters. The van der Waals surface area contributed by atoms with E-state index in [9.17, 15) is 0 Å². The Kier molecular flexibility index (Phi) is 4.67. The lowest BCUT2D eigenvalue weighted by atomic mass is 10.0. The highest BCUT2D eigenvalue weighted by molar-refractivity contribution is 7.80. The van der Waals surface area contributed by atoms with Crippen LogP contribution >= 0.6 is 12.6 Å². The molecule has 0 aliphatic carbocycles. The van der Waals surface area contributed by atoms with Crippen molar-refractivity contribution in [3.05, 3.63) is 23.8 Å². The molecular weight excluding hydrogens is 256 g/mol. The summed E-state index contributed by atoms with van der Waals surface area (Å²) in [5.74, 6) is 3.20. The van der Waals surface area contributed by atoms with Gasteiger partial charge in [-0.25, -0.2) is 0 Å². The van der Waals surface area contributed by atoms with Crippen molar-refractivity contribution in [2.45, 2.75) is 45.6 Å². The number of hydrogen-bond acceptors (Lipinski definition) is 3. The number of fused-ring (bicyclic) bond motifs is 1. The number of thiol groups is 1. The molecule has 1 aromatic rings. The van der Waals surface area contributed by atoms with Gasteiger partial charge in [-0.1, -0.05) is 25.5 Å². The van der Waals surface area contributed by atoms with E-state index in [1.54, 1.807) is 0 Å². The van der Waals surface area contributed by atoms with E-state index in [0.717, 1.165) is 36.7 Å². The maximum atomic E-state index is 6.01. The fourth-order valence-electron chi connectivity index (χ4n) is 2.54. The number of benzene rings is 1. The molecule has 0 spiro atoms. The van der Waals surface area contributed by atoms with Crippen LogP contribution in [0.2, 0.25) is 0 Å². The molecule has 0 fully saturated rings. The summed E-state index contributed by atoms with van der Waals surface area (Å²) in [6.45, 7) is 7.15. The molecule has 1 heterocycles. The van der Waals surface area contributed by atoms with Crippen LogP contribution in [0.3, 0.4) is 0 Å². The van der Waals surface area contributed by atoms with E-state index < -0.39 is 0 Å². The topological polar surface area (TPSA) is 18.5 Å². The van der Waals surface area contributed by atoms with Crippen LogP contribution in [0.25, 0.3) is 0 Å². The van der Waals surface area contributed by atoms with Crippen molar-refractivity contribution in [3.8, 4) is 11.5 Å². The Hall–Kier alpha value is -0.830. The van der Waals surface area contributed by atoms with Gasteiger partial charge in [0, 0.05) is 17.9 Å². The van der Waals surface area contributed by atoms with Crippen molar-refractivity contribution in [1.29, 1.82) is 0 Å². The first-order valence-corrected chi connectivity index (χ1v) is 7.73. The molecular formula is C16H24O2S. The average molecular weight is 280 g/mol. The van der Waals surface area contributed by atoms with Crippen molar-refractivity contribution < 1.29 is 9.47 Å². The summed E-state index contributed by atoms with van der Waals surface area (Å²) < 4.78 is 12.0. The highest BCUT2D eigenvalue weighted by atomic mass is 32.1. The zero-order valence-corrected chi connectivity index (χ0v) is 13.0. The summed E-state index contributed by atoms with van der Waals surface area (Å²) in [6, 6.07) is 6.18. The van der Waals surface area contributed by atoms with Gasteiger partial charge in [0.15, 0.2) is 11.5 Å². The molecule has 2 nitrogen and oxygen atoms in total. The molecule has 1 aliphatic heterocycles. The van der Waals surface area contributed by atoms with Gasteiger partial charge in [0.1, 0.15) is 5.60 Å². The Morgan fingerprint density at radius 2 is 2.21 bits per heavy atom. The van der Waals surface area contributed by atoms with Crippen LogP contribution < -0.4 is 9.47 Å². The molecule has 1 atom stereocenters. The lowest BCUT2D eigenvalue weighted by Gasteiger charge is -2.19. The van der Waals surface area contributed by atoms with Crippen LogP contribution in [0.15, 0.2) is 18.2 Å². The van der Waals surface area contributed by atoms with Crippen LogP contribution in [0.1, 0.15) is 39.2 Å². The first kappa shape index (κ1) is 14.6. The van der Waals surface area contributed by atoms with Gasteiger partial charge in [0.25, 0.3) is 0 Å². The summed E-state index contributed by atoms with van der Waals surface area (Å²) in [6.07, 6.45) is 3.28. The predicted octanol–water partition coefficient (Wildman–Crippen LogP) is 4.13. The quantitative estimate of drug-likeness (QED) is 0.790. The smallest absolute Gasteiger partial charge is 0.165 e. The normalized spacial score (nSPS) is 17.7. The Morgan fingerprint density at radius 1 is 1.42 bits per heavy atom. The van der Waals surface area contributed by atoms with Gasteiger partial charge < -0.3 is 9.47 Å². The summed E-state index contributed by atoms with van der Waals surface area (Å²) >= 11 is 4.39. The van der Waals surface area contributed by atoms with Crippen molar-refractivity contribution in [2.75, 3.05) is 12.4 Å². The van der Waals surface area contributed by atoms with E-state index in [2.05, 4.69) is 45.5 Å². The van der Waals surface area contributed by atoms with E-state index in [-0.39, 0.29) is 5.60 Å². The minimum atomic E-state index is -0.117. The van der Waals surface area contributed by atoms with Crippen molar-refractivity contribution in [1.82, 2.24) is 0 Å². The lowest BCUT2D eigenvalue weighted by Crippen LogP contribution is -2.24. The van der Waals surface area contributed by atoms with Crippen LogP contribution in [0.5, 0.6) is 11.5 Å². The molecule has 0 bridgehead atoms. The monoisotopic (exact) mass is 280 g/mol. The average Bonchev–Trinajstić information content (AvgIpc) is 2.68. The largest absolute Gasteiger partial charge is 0.489 e. The fraction of sp³-hybridized carbons (Fsp3) is 0.625. The number of ether oxygens (including phenoxy) is 2. The maximum absolute atomic E-state index is 6.01. The van der Waals surface area contributed by atoms with Crippen LogP contribution in [-0.4, -0.2) is 18.0 Å². The van der Waals surface area contributed by atoms with Gasteiger partial charge in [-0.3, -0.25) is 0 Å². The van der Waals surface area contributed by atoms with Gasteiger partial charge in [0.2, 0.25) is 0 Å². The minimum absolute atomic E-state index is 0.117. The molecule has 1 aliphatic rings. The summed E-state index contributed by atoms with van der Waals surface area (Å²) in [5, 5.41) is 0. The Bertz CT molecular complexity index is 429. The zero-order chi connectivity index (χ0) is 13.9. The zero-order valence-electron chi connectivity index (χ0n) is 12.1. The highest BCUT2D eigenvalue weighted by Crippen LogP contribution is 2.41. The molecule has 1 aromatic carbocycles. The molecule has 0 N–H and O–H groups in total. The van der Waals surface area contributed by atoms with Crippen molar-refractivity contribution in [3.63, 3.8) is 0 Å². The predicted molar refractivity (Wildman–Crippen MR) is 82.6 cm³/mol. The molecule has 0 radical (unpaired) electrons. The second-order valence-electron chi connectivity index (χ2n) is 5.93. The number of rotatable bonds is 6. The summed E-state index contributed by atoms with van der Waals surface area (Å²) in [5.41, 5.74) is 1.13. The number of hydrogen-bond donors (Lipinski definition) is 1. The SMILES string of the molecule is CCCC(CS)COc1cccc2c1OC(C)(C)C2. The van der Waals surface area contributed by atoms with Gasteiger partial charge in [0.05, 0.1) is 6.61 Å². The Morgan fingerprint density at radius 3 is 2.89 bits per heavy atom. The Labute approximate surface area is 121 Å². The van der Waals surface area contributed by atoms with Gasteiger partial charge >= 0.3 is 0 Å². The van der Waals surface area contributed by atoms with Crippen LogP contribution in [0, 0.1) is 5.92 Å². The van der Waals surface area contributed by atoms with Gasteiger partial charge in [-0.15, -0.1) is 0 Å². The molecule has 0 aromatic heterocycles. The molecule has 2 rings (SSSR count). The van der Waals surface area contributed by atoms with Crippen molar-refractivity contribution in [2.24, 2.45) is 5.92 Å². The number of para-hydroxylation sites is 1. The third-order valence-corrected chi connectivity index (χ3v) is 4.00. The summed E-state index contributed by atoms with van der Waals surface area (Å²) in [7, 11) is 0. The third kappa shape index (κ3) is 3.59. The highest BCUT2D eigenvalue weighted by Gasteiger charge is 2.32. The van der Waals surface area contributed by atoms with Gasteiger partial charge in [-0.2, -0.15) is 12.6 Å².